The summed E-state index contributed by atoms with van der Waals surface area (Å²) in [6, 6.07) is 5.08. The van der Waals surface area contributed by atoms with Gasteiger partial charge in [0, 0.05) is 37.3 Å². The van der Waals surface area contributed by atoms with Crippen molar-refractivity contribution in [3.63, 3.8) is 0 Å². The summed E-state index contributed by atoms with van der Waals surface area (Å²) in [6.45, 7) is 2.30. The molecule has 0 saturated carbocycles. The molecule has 0 aromatic carbocycles. The Kier molecular flexibility index (Phi) is 6.24. The van der Waals surface area contributed by atoms with Crippen LogP contribution in [0.2, 0.25) is 0 Å². The van der Waals surface area contributed by atoms with E-state index in [0.717, 1.165) is 37.5 Å². The Balaban J connectivity index is 1.70. The highest BCUT2D eigenvalue weighted by molar-refractivity contribution is 7.98. The van der Waals surface area contributed by atoms with Crippen molar-refractivity contribution >= 4 is 35.1 Å². The van der Waals surface area contributed by atoms with Crippen LogP contribution >= 0.6 is 24.0 Å². The lowest BCUT2D eigenvalue weighted by atomic mass is 9.83. The van der Waals surface area contributed by atoms with Gasteiger partial charge in [0.15, 0.2) is 5.11 Å². The van der Waals surface area contributed by atoms with Gasteiger partial charge < -0.3 is 19.5 Å². The SMILES string of the molecule is COC(=O)C(CCSC)NC(=S)N1C[C@@H]2C[C@@H](C1)c1cccc(=O)n1C2. The average molecular weight is 396 g/mol. The van der Waals surface area contributed by atoms with Gasteiger partial charge in [-0.1, -0.05) is 6.07 Å². The van der Waals surface area contributed by atoms with E-state index < -0.39 is 6.04 Å². The topological polar surface area (TPSA) is 63.6 Å². The molecule has 3 heterocycles. The molecule has 26 heavy (non-hydrogen) atoms. The summed E-state index contributed by atoms with van der Waals surface area (Å²) < 4.78 is 6.81. The van der Waals surface area contributed by atoms with E-state index in [1.165, 1.54) is 7.11 Å². The molecular weight excluding hydrogens is 370 g/mol. The fourth-order valence-corrected chi connectivity index (χ4v) is 4.69. The smallest absolute Gasteiger partial charge is 0.328 e. The molecule has 3 atom stereocenters. The first-order valence-corrected chi connectivity index (χ1v) is 10.7. The van der Waals surface area contributed by atoms with E-state index in [0.29, 0.717) is 23.4 Å². The average Bonchev–Trinajstić information content (AvgIpc) is 2.65. The molecule has 0 aliphatic carbocycles. The van der Waals surface area contributed by atoms with Crippen molar-refractivity contribution in [2.24, 2.45) is 5.92 Å². The predicted octanol–water partition coefficient (Wildman–Crippen LogP) is 1.44. The third-order valence-corrected chi connectivity index (χ3v) is 6.18. The number of ether oxygens (including phenoxy) is 1. The number of hydrogen-bond donors (Lipinski definition) is 1. The first kappa shape index (κ1) is 19.2. The van der Waals surface area contributed by atoms with E-state index in [1.807, 2.05) is 23.0 Å². The first-order chi connectivity index (χ1) is 12.5. The Morgan fingerprint density at radius 3 is 2.96 bits per heavy atom. The van der Waals surface area contributed by atoms with Crippen LogP contribution in [-0.4, -0.2) is 58.8 Å². The minimum absolute atomic E-state index is 0.0779. The molecule has 0 radical (unpaired) electrons. The Bertz CT molecular complexity index is 737. The van der Waals surface area contributed by atoms with E-state index in [-0.39, 0.29) is 11.5 Å². The van der Waals surface area contributed by atoms with Gasteiger partial charge in [0.2, 0.25) is 0 Å². The number of nitrogens with zero attached hydrogens (tertiary/aromatic N) is 2. The number of hydrogen-bond acceptors (Lipinski definition) is 5. The maximum atomic E-state index is 12.1. The lowest BCUT2D eigenvalue weighted by Crippen LogP contribution is -2.54. The number of pyridine rings is 1. The first-order valence-electron chi connectivity index (χ1n) is 8.85. The zero-order chi connectivity index (χ0) is 18.7. The van der Waals surface area contributed by atoms with Gasteiger partial charge in [0.05, 0.1) is 7.11 Å². The molecule has 1 aromatic rings. The fourth-order valence-electron chi connectivity index (χ4n) is 3.93. The van der Waals surface area contributed by atoms with Crippen LogP contribution in [0, 0.1) is 5.92 Å². The van der Waals surface area contributed by atoms with E-state index in [1.54, 1.807) is 17.8 Å². The number of nitrogens with one attached hydrogen (secondary N) is 1. The number of rotatable bonds is 5. The van der Waals surface area contributed by atoms with Crippen molar-refractivity contribution in [1.29, 1.82) is 0 Å². The van der Waals surface area contributed by atoms with Crippen molar-refractivity contribution < 1.29 is 9.53 Å². The Hall–Kier alpha value is -1.54. The van der Waals surface area contributed by atoms with Crippen LogP contribution in [0.15, 0.2) is 23.0 Å². The minimum Gasteiger partial charge on any atom is -0.467 e. The monoisotopic (exact) mass is 395 g/mol. The quantitative estimate of drug-likeness (QED) is 0.598. The summed E-state index contributed by atoms with van der Waals surface area (Å²) in [4.78, 5) is 26.3. The van der Waals surface area contributed by atoms with Gasteiger partial charge in [-0.05, 0) is 49.1 Å². The molecule has 0 amide bonds. The van der Waals surface area contributed by atoms with Crippen molar-refractivity contribution in [2.45, 2.75) is 31.3 Å². The van der Waals surface area contributed by atoms with Crippen molar-refractivity contribution in [2.75, 3.05) is 32.2 Å². The normalized spacial score (nSPS) is 22.3. The minimum atomic E-state index is -0.420. The Morgan fingerprint density at radius 2 is 2.23 bits per heavy atom. The zero-order valence-corrected chi connectivity index (χ0v) is 16.8. The van der Waals surface area contributed by atoms with Gasteiger partial charge in [-0.25, -0.2) is 4.79 Å². The van der Waals surface area contributed by atoms with Crippen LogP contribution in [0.25, 0.3) is 0 Å². The van der Waals surface area contributed by atoms with Crippen LogP contribution < -0.4 is 10.9 Å². The van der Waals surface area contributed by atoms with Crippen molar-refractivity contribution in [3.8, 4) is 0 Å². The lowest BCUT2D eigenvalue weighted by molar-refractivity contribution is -0.142. The summed E-state index contributed by atoms with van der Waals surface area (Å²) in [5.41, 5.74) is 1.17. The second-order valence-corrected chi connectivity index (χ2v) is 8.28. The number of carbonyl (C=O) groups excluding carboxylic acids is 1. The molecule has 6 nitrogen and oxygen atoms in total. The van der Waals surface area contributed by atoms with E-state index in [2.05, 4.69) is 10.2 Å². The summed E-state index contributed by atoms with van der Waals surface area (Å²) >= 11 is 7.29. The molecule has 3 rings (SSSR count). The molecular formula is C18H25N3O3S2. The molecule has 1 fully saturated rings. The number of carbonyl (C=O) groups is 1. The number of likely N-dealkylation sites (tertiary alicyclic amines) is 1. The van der Waals surface area contributed by atoms with Crippen LogP contribution in [0.5, 0.6) is 0 Å². The standard InChI is InChI=1S/C18H25N3O3S2/c1-24-17(23)14(6-7-26-2)19-18(25)20-9-12-8-13(11-20)15-4-3-5-16(22)21(15)10-12/h3-5,12-14H,6-11H2,1-2H3,(H,19,25)/t12-,13-,14?/m0/s1. The van der Waals surface area contributed by atoms with Crippen LogP contribution in [0.4, 0.5) is 0 Å². The Morgan fingerprint density at radius 1 is 1.42 bits per heavy atom. The summed E-state index contributed by atoms with van der Waals surface area (Å²) in [5, 5.41) is 3.80. The van der Waals surface area contributed by atoms with Crippen LogP contribution in [-0.2, 0) is 16.1 Å². The molecule has 2 bridgehead atoms. The highest BCUT2D eigenvalue weighted by Gasteiger charge is 2.36. The van der Waals surface area contributed by atoms with Crippen LogP contribution in [0.1, 0.15) is 24.5 Å². The summed E-state index contributed by atoms with van der Waals surface area (Å²) in [7, 11) is 1.40. The number of methoxy groups -OCH3 is 1. The van der Waals surface area contributed by atoms with E-state index in [9.17, 15) is 9.59 Å². The lowest BCUT2D eigenvalue weighted by Gasteiger charge is -2.44. The molecule has 1 aromatic heterocycles. The number of thiocarbonyl (C=S) groups is 1. The summed E-state index contributed by atoms with van der Waals surface area (Å²) in [6.07, 6.45) is 3.76. The second kappa shape index (κ2) is 8.43. The van der Waals surface area contributed by atoms with Crippen LogP contribution in [0.3, 0.4) is 0 Å². The molecule has 1 N–H and O–H groups in total. The Labute approximate surface area is 163 Å². The third kappa shape index (κ3) is 4.06. The molecule has 2 aliphatic rings. The predicted molar refractivity (Wildman–Crippen MR) is 108 cm³/mol. The van der Waals surface area contributed by atoms with Gasteiger partial charge in [-0.2, -0.15) is 11.8 Å². The second-order valence-electron chi connectivity index (χ2n) is 6.91. The molecule has 0 spiro atoms. The molecule has 8 heteroatoms. The van der Waals surface area contributed by atoms with Gasteiger partial charge in [-0.15, -0.1) is 0 Å². The van der Waals surface area contributed by atoms with Gasteiger partial charge in [0.1, 0.15) is 6.04 Å². The molecule has 2 aliphatic heterocycles. The molecule has 1 unspecified atom stereocenters. The maximum Gasteiger partial charge on any atom is 0.328 e. The highest BCUT2D eigenvalue weighted by atomic mass is 32.2. The van der Waals surface area contributed by atoms with Crippen molar-refractivity contribution in [3.05, 3.63) is 34.2 Å². The van der Waals surface area contributed by atoms with Gasteiger partial charge in [0.25, 0.3) is 5.56 Å². The fraction of sp³-hybridized carbons (Fsp3) is 0.611. The third-order valence-electron chi connectivity index (χ3n) is 5.16. The highest BCUT2D eigenvalue weighted by Crippen LogP contribution is 2.34. The molecule has 142 valence electrons. The number of thioether (sulfide) groups is 1. The van der Waals surface area contributed by atoms with E-state index >= 15 is 0 Å². The largest absolute Gasteiger partial charge is 0.467 e. The number of esters is 1. The van der Waals surface area contributed by atoms with Crippen molar-refractivity contribution in [1.82, 2.24) is 14.8 Å². The van der Waals surface area contributed by atoms with E-state index in [4.69, 9.17) is 17.0 Å². The zero-order valence-electron chi connectivity index (χ0n) is 15.1. The maximum absolute atomic E-state index is 12.1. The molecule has 1 saturated heterocycles. The summed E-state index contributed by atoms with van der Waals surface area (Å²) in [5.74, 6) is 1.26. The van der Waals surface area contributed by atoms with Gasteiger partial charge in [-0.3, -0.25) is 4.79 Å². The number of fused-ring (bicyclic) bond motifs is 4. The number of aromatic nitrogens is 1. The van der Waals surface area contributed by atoms with Gasteiger partial charge >= 0.3 is 5.97 Å². The number of piperidine rings is 1.